The minimum Gasteiger partial charge on any atom is -0.492 e. The molecule has 144 valence electrons. The van der Waals surface area contributed by atoms with Gasteiger partial charge < -0.3 is 14.9 Å². The summed E-state index contributed by atoms with van der Waals surface area (Å²) in [6.07, 6.45) is 1.45. The Morgan fingerprint density at radius 1 is 1.14 bits per heavy atom. The fraction of sp³-hybridized carbons (Fsp3) is 0.158. The van der Waals surface area contributed by atoms with Gasteiger partial charge in [0.1, 0.15) is 16.6 Å². The van der Waals surface area contributed by atoms with Gasteiger partial charge in [-0.05, 0) is 22.9 Å². The van der Waals surface area contributed by atoms with Crippen molar-refractivity contribution in [3.63, 3.8) is 0 Å². The molecule has 1 aliphatic heterocycles. The number of hydrogen-bond acceptors (Lipinski definition) is 6. The Morgan fingerprint density at radius 2 is 1.89 bits per heavy atom. The minimum absolute atomic E-state index is 0.0194. The van der Waals surface area contributed by atoms with Crippen LogP contribution in [0.25, 0.3) is 16.8 Å². The van der Waals surface area contributed by atoms with Gasteiger partial charge in [0, 0.05) is 5.56 Å². The van der Waals surface area contributed by atoms with Crippen molar-refractivity contribution in [2.75, 3.05) is 13.2 Å². The second kappa shape index (κ2) is 8.41. The zero-order valence-electron chi connectivity index (χ0n) is 14.5. The van der Waals surface area contributed by atoms with Crippen molar-refractivity contribution < 1.29 is 29.3 Å². The molecule has 0 aromatic heterocycles. The number of carbonyl (C=O) groups is 3. The fourth-order valence-electron chi connectivity index (χ4n) is 2.70. The summed E-state index contributed by atoms with van der Waals surface area (Å²) in [5.74, 6) is -2.18. The molecule has 7 nitrogen and oxygen atoms in total. The number of thiocarbonyl (C=S) groups is 1. The molecular weight excluding hydrogens is 402 g/mol. The molecule has 0 saturated carbocycles. The number of benzene rings is 2. The third-order valence-electron chi connectivity index (χ3n) is 3.95. The molecule has 1 amide bonds. The lowest BCUT2D eigenvalue weighted by Gasteiger charge is -2.12. The third-order valence-corrected chi connectivity index (χ3v) is 5.32. The maximum absolute atomic E-state index is 12.6. The van der Waals surface area contributed by atoms with E-state index in [2.05, 4.69) is 0 Å². The zero-order chi connectivity index (χ0) is 20.3. The molecule has 0 bridgehead atoms. The van der Waals surface area contributed by atoms with Crippen LogP contribution >= 0.6 is 24.0 Å². The number of fused-ring (bicyclic) bond motifs is 1. The second-order valence-corrected chi connectivity index (χ2v) is 7.53. The standard InChI is InChI=1S/C19H15NO6S2/c21-16(22)7-8-26-14-6-5-11-3-1-2-4-12(11)13(14)9-15-18(25)20(10-17(23)24)19(27)28-15/h1-6,9H,7-8,10H2,(H,21,22)(H,23,24). The molecule has 0 spiro atoms. The molecule has 0 atom stereocenters. The van der Waals surface area contributed by atoms with E-state index in [-0.39, 0.29) is 22.3 Å². The van der Waals surface area contributed by atoms with Crippen LogP contribution in [0.2, 0.25) is 0 Å². The van der Waals surface area contributed by atoms with E-state index in [4.69, 9.17) is 27.2 Å². The first kappa shape index (κ1) is 19.8. The number of aliphatic carboxylic acids is 2. The average Bonchev–Trinajstić information content (AvgIpc) is 2.90. The number of amides is 1. The summed E-state index contributed by atoms with van der Waals surface area (Å²) < 4.78 is 5.81. The molecule has 2 aromatic rings. The van der Waals surface area contributed by atoms with Gasteiger partial charge in [-0.25, -0.2) is 0 Å². The van der Waals surface area contributed by atoms with Crippen molar-refractivity contribution in [2.24, 2.45) is 0 Å². The quantitative estimate of drug-likeness (QED) is 0.523. The molecule has 1 fully saturated rings. The largest absolute Gasteiger partial charge is 0.492 e. The zero-order valence-corrected chi connectivity index (χ0v) is 16.1. The highest BCUT2D eigenvalue weighted by molar-refractivity contribution is 8.26. The van der Waals surface area contributed by atoms with Gasteiger partial charge >= 0.3 is 11.9 Å². The normalized spacial score (nSPS) is 15.4. The number of nitrogens with zero attached hydrogens (tertiary/aromatic N) is 1. The predicted molar refractivity (Wildman–Crippen MR) is 109 cm³/mol. The predicted octanol–water partition coefficient (Wildman–Crippen LogP) is 2.98. The summed E-state index contributed by atoms with van der Waals surface area (Å²) in [6, 6.07) is 11.1. The van der Waals surface area contributed by atoms with E-state index in [1.54, 1.807) is 12.1 Å². The number of carboxylic acids is 2. The van der Waals surface area contributed by atoms with Crippen molar-refractivity contribution >= 4 is 63.0 Å². The van der Waals surface area contributed by atoms with Crippen molar-refractivity contribution in [3.05, 3.63) is 46.9 Å². The fourth-order valence-corrected chi connectivity index (χ4v) is 3.94. The highest BCUT2D eigenvalue weighted by Crippen LogP contribution is 2.36. The topological polar surface area (TPSA) is 104 Å². The molecule has 1 aliphatic rings. The molecule has 2 N–H and O–H groups in total. The van der Waals surface area contributed by atoms with E-state index < -0.39 is 24.4 Å². The molecule has 1 heterocycles. The lowest BCUT2D eigenvalue weighted by Crippen LogP contribution is -2.33. The molecule has 0 radical (unpaired) electrons. The first-order valence-electron chi connectivity index (χ1n) is 8.20. The van der Waals surface area contributed by atoms with Gasteiger partial charge in [0.15, 0.2) is 0 Å². The molecule has 3 rings (SSSR count). The molecule has 28 heavy (non-hydrogen) atoms. The van der Waals surface area contributed by atoms with E-state index in [0.29, 0.717) is 11.3 Å². The number of carboxylic acid groups (broad SMARTS) is 2. The van der Waals surface area contributed by atoms with E-state index in [9.17, 15) is 14.4 Å². The summed E-state index contributed by atoms with van der Waals surface area (Å²) in [7, 11) is 0. The third kappa shape index (κ3) is 4.32. The molecule has 0 unspecified atom stereocenters. The van der Waals surface area contributed by atoms with Gasteiger partial charge in [-0.1, -0.05) is 54.3 Å². The summed E-state index contributed by atoms with van der Waals surface area (Å²) >= 11 is 6.14. The number of hydrogen-bond donors (Lipinski definition) is 2. The number of ether oxygens (including phenoxy) is 1. The summed E-state index contributed by atoms with van der Waals surface area (Å²) in [5, 5.41) is 19.5. The Hall–Kier alpha value is -2.91. The van der Waals surface area contributed by atoms with Crippen LogP contribution in [0, 0.1) is 0 Å². The van der Waals surface area contributed by atoms with Crippen LogP contribution in [0.15, 0.2) is 41.3 Å². The summed E-state index contributed by atoms with van der Waals surface area (Å²) in [6.45, 7) is -0.520. The van der Waals surface area contributed by atoms with E-state index >= 15 is 0 Å². The van der Waals surface area contributed by atoms with Gasteiger partial charge in [-0.2, -0.15) is 0 Å². The maximum atomic E-state index is 12.6. The van der Waals surface area contributed by atoms with Gasteiger partial charge in [0.25, 0.3) is 5.91 Å². The van der Waals surface area contributed by atoms with Crippen LogP contribution in [0.3, 0.4) is 0 Å². The van der Waals surface area contributed by atoms with Crippen LogP contribution in [-0.4, -0.2) is 50.4 Å². The number of thioether (sulfide) groups is 1. The van der Waals surface area contributed by atoms with Gasteiger partial charge in [-0.3, -0.25) is 19.3 Å². The van der Waals surface area contributed by atoms with E-state index in [1.807, 2.05) is 30.3 Å². The Bertz CT molecular complexity index is 1020. The van der Waals surface area contributed by atoms with Crippen LogP contribution in [0.1, 0.15) is 12.0 Å². The smallest absolute Gasteiger partial charge is 0.323 e. The van der Waals surface area contributed by atoms with Gasteiger partial charge in [0.05, 0.1) is 17.9 Å². The monoisotopic (exact) mass is 417 g/mol. The lowest BCUT2D eigenvalue weighted by atomic mass is 10.0. The average molecular weight is 417 g/mol. The van der Waals surface area contributed by atoms with Crippen molar-refractivity contribution in [2.45, 2.75) is 6.42 Å². The highest BCUT2D eigenvalue weighted by Gasteiger charge is 2.33. The van der Waals surface area contributed by atoms with Gasteiger partial charge in [-0.15, -0.1) is 0 Å². The molecular formula is C19H15NO6S2. The molecule has 0 aliphatic carbocycles. The number of rotatable bonds is 7. The SMILES string of the molecule is O=C(O)CCOc1ccc2ccccc2c1C=C1SC(=S)N(CC(=O)O)C1=O. The molecule has 2 aromatic carbocycles. The second-order valence-electron chi connectivity index (χ2n) is 5.85. The first-order valence-corrected chi connectivity index (χ1v) is 9.43. The van der Waals surface area contributed by atoms with Crippen LogP contribution in [0.5, 0.6) is 5.75 Å². The van der Waals surface area contributed by atoms with Crippen LogP contribution in [0.4, 0.5) is 0 Å². The van der Waals surface area contributed by atoms with E-state index in [0.717, 1.165) is 27.4 Å². The Balaban J connectivity index is 2.01. The minimum atomic E-state index is -1.15. The summed E-state index contributed by atoms with van der Waals surface area (Å²) in [4.78, 5) is 35.6. The Labute approximate surface area is 169 Å². The highest BCUT2D eigenvalue weighted by atomic mass is 32.2. The molecule has 9 heteroatoms. The molecule has 1 saturated heterocycles. The lowest BCUT2D eigenvalue weighted by molar-refractivity contribution is -0.140. The maximum Gasteiger partial charge on any atom is 0.323 e. The van der Waals surface area contributed by atoms with Gasteiger partial charge in [0.2, 0.25) is 0 Å². The summed E-state index contributed by atoms with van der Waals surface area (Å²) in [5.41, 5.74) is 0.610. The Morgan fingerprint density at radius 3 is 2.61 bits per heavy atom. The van der Waals surface area contributed by atoms with E-state index in [1.165, 1.54) is 0 Å². The van der Waals surface area contributed by atoms with Crippen molar-refractivity contribution in [1.29, 1.82) is 0 Å². The Kier molecular flexibility index (Phi) is 5.96. The van der Waals surface area contributed by atoms with Crippen molar-refractivity contribution in [1.82, 2.24) is 4.90 Å². The van der Waals surface area contributed by atoms with Crippen molar-refractivity contribution in [3.8, 4) is 5.75 Å². The first-order chi connectivity index (χ1) is 13.4. The van der Waals surface area contributed by atoms with Crippen LogP contribution < -0.4 is 4.74 Å². The number of carbonyl (C=O) groups excluding carboxylic acids is 1. The van der Waals surface area contributed by atoms with Crippen LogP contribution in [-0.2, 0) is 14.4 Å².